The highest BCUT2D eigenvalue weighted by molar-refractivity contribution is 6.08. The van der Waals surface area contributed by atoms with Gasteiger partial charge in [0.15, 0.2) is 0 Å². The van der Waals surface area contributed by atoms with Crippen LogP contribution < -0.4 is 0 Å². The van der Waals surface area contributed by atoms with Gasteiger partial charge in [0.05, 0.1) is 6.54 Å². The maximum Gasteiger partial charge on any atom is 0.256 e. The standard InChI is InChI=1S/C24H29FN2O2/c1-4-7-8-22-26-24(5-2,6-3)23(29)27(22)16-17-9-11-18(12-10-17)20-15-19(28)13-14-21(20)25/h9-15,28H,4-8,16H2,1-3H3. The van der Waals surface area contributed by atoms with Crippen LogP contribution in [0.1, 0.15) is 58.4 Å². The average Bonchev–Trinajstić information content (AvgIpc) is 3.00. The van der Waals surface area contributed by atoms with E-state index in [0.29, 0.717) is 30.5 Å². The Kier molecular flexibility index (Phi) is 6.36. The minimum atomic E-state index is -0.631. The summed E-state index contributed by atoms with van der Waals surface area (Å²) in [5, 5.41) is 9.64. The predicted octanol–water partition coefficient (Wildman–Crippen LogP) is 5.69. The summed E-state index contributed by atoms with van der Waals surface area (Å²) >= 11 is 0. The molecule has 0 spiro atoms. The molecule has 0 radical (unpaired) electrons. The van der Waals surface area contributed by atoms with Crippen LogP contribution in [0.5, 0.6) is 5.75 Å². The molecular weight excluding hydrogens is 367 g/mol. The number of carbonyl (C=O) groups is 1. The molecule has 5 heteroatoms. The summed E-state index contributed by atoms with van der Waals surface area (Å²) in [6, 6.07) is 11.5. The molecule has 0 saturated carbocycles. The Bertz CT molecular complexity index is 902. The Labute approximate surface area is 172 Å². The molecule has 29 heavy (non-hydrogen) atoms. The van der Waals surface area contributed by atoms with E-state index in [0.717, 1.165) is 30.7 Å². The van der Waals surface area contributed by atoms with Crippen molar-refractivity contribution in [1.82, 2.24) is 4.90 Å². The summed E-state index contributed by atoms with van der Waals surface area (Å²) in [6.45, 7) is 6.63. The van der Waals surface area contributed by atoms with Crippen LogP contribution in [0.25, 0.3) is 11.1 Å². The van der Waals surface area contributed by atoms with Gasteiger partial charge in [-0.2, -0.15) is 0 Å². The third kappa shape index (κ3) is 4.19. The maximum atomic E-state index is 14.1. The number of hydrogen-bond donors (Lipinski definition) is 1. The van der Waals surface area contributed by atoms with E-state index in [2.05, 4.69) is 6.92 Å². The van der Waals surface area contributed by atoms with Crippen LogP contribution in [-0.2, 0) is 11.3 Å². The molecule has 2 aromatic carbocycles. The summed E-state index contributed by atoms with van der Waals surface area (Å²) in [6.07, 6.45) is 4.25. The van der Waals surface area contributed by atoms with Crippen LogP contribution in [0.3, 0.4) is 0 Å². The van der Waals surface area contributed by atoms with Gasteiger partial charge in [0.1, 0.15) is 22.9 Å². The van der Waals surface area contributed by atoms with Crippen molar-refractivity contribution in [2.24, 2.45) is 4.99 Å². The molecule has 1 amide bonds. The number of rotatable bonds is 8. The fourth-order valence-electron chi connectivity index (χ4n) is 3.83. The van der Waals surface area contributed by atoms with Gasteiger partial charge in [-0.1, -0.05) is 51.5 Å². The highest BCUT2D eigenvalue weighted by Crippen LogP contribution is 2.33. The number of carbonyl (C=O) groups excluding carboxylic acids is 1. The highest BCUT2D eigenvalue weighted by Gasteiger charge is 2.45. The molecule has 1 aliphatic rings. The molecular formula is C24H29FN2O2. The summed E-state index contributed by atoms with van der Waals surface area (Å²) in [5.74, 6) is 0.607. The van der Waals surface area contributed by atoms with Gasteiger partial charge in [-0.05, 0) is 48.6 Å². The minimum absolute atomic E-state index is 0.0281. The van der Waals surface area contributed by atoms with E-state index >= 15 is 0 Å². The number of aromatic hydroxyl groups is 1. The Balaban J connectivity index is 1.83. The first-order valence-corrected chi connectivity index (χ1v) is 10.4. The number of amides is 1. The molecule has 154 valence electrons. The van der Waals surface area contributed by atoms with Crippen LogP contribution in [0.15, 0.2) is 47.5 Å². The van der Waals surface area contributed by atoms with Gasteiger partial charge in [-0.3, -0.25) is 14.7 Å². The Morgan fingerprint density at radius 2 is 1.76 bits per heavy atom. The van der Waals surface area contributed by atoms with Crippen LogP contribution in [-0.4, -0.2) is 27.3 Å². The number of aliphatic imine (C=N–C) groups is 1. The van der Waals surface area contributed by atoms with Crippen molar-refractivity contribution in [2.75, 3.05) is 0 Å². The quantitative estimate of drug-likeness (QED) is 0.623. The lowest BCUT2D eigenvalue weighted by Crippen LogP contribution is -2.41. The largest absolute Gasteiger partial charge is 0.508 e. The van der Waals surface area contributed by atoms with Crippen molar-refractivity contribution >= 4 is 11.7 Å². The van der Waals surface area contributed by atoms with E-state index in [1.807, 2.05) is 43.0 Å². The lowest BCUT2D eigenvalue weighted by molar-refractivity contribution is -0.131. The van der Waals surface area contributed by atoms with Gasteiger partial charge in [0.2, 0.25) is 0 Å². The van der Waals surface area contributed by atoms with E-state index in [4.69, 9.17) is 4.99 Å². The molecule has 2 aromatic rings. The van der Waals surface area contributed by atoms with Crippen molar-refractivity contribution in [3.05, 3.63) is 53.8 Å². The third-order valence-corrected chi connectivity index (χ3v) is 5.78. The van der Waals surface area contributed by atoms with Crippen molar-refractivity contribution in [2.45, 2.75) is 65.0 Å². The van der Waals surface area contributed by atoms with Gasteiger partial charge in [0, 0.05) is 12.0 Å². The molecule has 3 rings (SSSR count). The predicted molar refractivity (Wildman–Crippen MR) is 114 cm³/mol. The Morgan fingerprint density at radius 1 is 1.07 bits per heavy atom. The third-order valence-electron chi connectivity index (χ3n) is 5.78. The first-order valence-electron chi connectivity index (χ1n) is 10.4. The number of unbranched alkanes of at least 4 members (excludes halogenated alkanes) is 1. The maximum absolute atomic E-state index is 14.1. The van der Waals surface area contributed by atoms with Gasteiger partial charge in [0.25, 0.3) is 5.91 Å². The van der Waals surface area contributed by atoms with Crippen molar-refractivity contribution in [3.8, 4) is 16.9 Å². The number of halogens is 1. The molecule has 0 fully saturated rings. The van der Waals surface area contributed by atoms with Gasteiger partial charge >= 0.3 is 0 Å². The second-order valence-electron chi connectivity index (χ2n) is 7.62. The van der Waals surface area contributed by atoms with Crippen molar-refractivity contribution in [3.63, 3.8) is 0 Å². The second kappa shape index (κ2) is 8.76. The first kappa shape index (κ1) is 21.0. The smallest absolute Gasteiger partial charge is 0.256 e. The number of nitrogens with zero attached hydrogens (tertiary/aromatic N) is 2. The summed E-state index contributed by atoms with van der Waals surface area (Å²) < 4.78 is 14.1. The molecule has 0 saturated heterocycles. The highest BCUT2D eigenvalue weighted by atomic mass is 19.1. The zero-order valence-corrected chi connectivity index (χ0v) is 17.4. The molecule has 1 heterocycles. The van der Waals surface area contributed by atoms with Crippen molar-refractivity contribution in [1.29, 1.82) is 0 Å². The van der Waals surface area contributed by atoms with E-state index in [1.165, 1.54) is 18.2 Å². The molecule has 0 aliphatic carbocycles. The minimum Gasteiger partial charge on any atom is -0.508 e. The molecule has 0 bridgehead atoms. The number of amidine groups is 1. The fraction of sp³-hybridized carbons (Fsp3) is 0.417. The van der Waals surface area contributed by atoms with Crippen LogP contribution >= 0.6 is 0 Å². The fourth-order valence-corrected chi connectivity index (χ4v) is 3.83. The Hall–Kier alpha value is -2.69. The molecule has 0 aromatic heterocycles. The van der Waals surface area contributed by atoms with Gasteiger partial charge < -0.3 is 5.11 Å². The summed E-state index contributed by atoms with van der Waals surface area (Å²) in [5.41, 5.74) is 1.38. The topological polar surface area (TPSA) is 52.9 Å². The van der Waals surface area contributed by atoms with E-state index < -0.39 is 5.54 Å². The van der Waals surface area contributed by atoms with Crippen molar-refractivity contribution < 1.29 is 14.3 Å². The molecule has 0 unspecified atom stereocenters. The van der Waals surface area contributed by atoms with Crippen LogP contribution in [0.4, 0.5) is 4.39 Å². The van der Waals surface area contributed by atoms with Gasteiger partial charge in [-0.15, -0.1) is 0 Å². The number of phenolic OH excluding ortho intramolecular Hbond substituents is 1. The van der Waals surface area contributed by atoms with Gasteiger partial charge in [-0.25, -0.2) is 4.39 Å². The number of hydrogen-bond acceptors (Lipinski definition) is 3. The number of benzene rings is 2. The average molecular weight is 397 g/mol. The lowest BCUT2D eigenvalue weighted by atomic mass is 9.93. The summed E-state index contributed by atoms with van der Waals surface area (Å²) in [4.78, 5) is 19.9. The van der Waals surface area contributed by atoms with E-state index in [-0.39, 0.29) is 17.5 Å². The Morgan fingerprint density at radius 3 is 2.38 bits per heavy atom. The van der Waals surface area contributed by atoms with Crippen LogP contribution in [0.2, 0.25) is 0 Å². The monoisotopic (exact) mass is 396 g/mol. The van der Waals surface area contributed by atoms with Crippen LogP contribution in [0, 0.1) is 5.82 Å². The normalized spacial score (nSPS) is 15.7. The molecule has 1 N–H and O–H groups in total. The van der Waals surface area contributed by atoms with E-state index in [1.54, 1.807) is 0 Å². The molecule has 1 aliphatic heterocycles. The molecule has 0 atom stereocenters. The van der Waals surface area contributed by atoms with E-state index in [9.17, 15) is 14.3 Å². The SMILES string of the molecule is CCCCC1=NC(CC)(CC)C(=O)N1Cc1ccc(-c2cc(O)ccc2F)cc1. The lowest BCUT2D eigenvalue weighted by Gasteiger charge is -2.24. The second-order valence-corrected chi connectivity index (χ2v) is 7.62. The molecule has 4 nitrogen and oxygen atoms in total. The first-order chi connectivity index (χ1) is 13.9. The zero-order chi connectivity index (χ0) is 21.0. The number of phenols is 1. The summed E-state index contributed by atoms with van der Waals surface area (Å²) in [7, 11) is 0. The zero-order valence-electron chi connectivity index (χ0n) is 17.4.